The number of anilines is 1. The van der Waals surface area contributed by atoms with Crippen LogP contribution in [0.4, 0.5) is 5.69 Å². The molecule has 3 aromatic rings. The molecular formula is C25H28N2O7S. The molecule has 3 aromatic carbocycles. The van der Waals surface area contributed by atoms with Crippen molar-refractivity contribution in [3.8, 4) is 22.6 Å². The molecule has 0 radical (unpaired) electrons. The number of benzene rings is 3. The number of phenols is 1. The molecular weight excluding hydrogens is 472 g/mol. The van der Waals surface area contributed by atoms with Crippen LogP contribution in [-0.4, -0.2) is 55.7 Å². The van der Waals surface area contributed by atoms with Crippen LogP contribution in [0.3, 0.4) is 0 Å². The standard InChI is InChI=1S/C25H28N2O7S/c1-16-13-19(17-3-5-18(6-4-17)25(30)31)8-10-24(16)34-12-11-26-15-23(29)20-7-9-22(28)21(14-20)27-35(2,32)33/h3-10,13-14,23,26-29H,11-12,15H2,1-2H3,(H,30,31)/t23-/m0/s1. The molecule has 0 unspecified atom stereocenters. The molecule has 10 heteroatoms. The molecule has 0 aromatic heterocycles. The number of aliphatic hydroxyl groups is 1. The van der Waals surface area contributed by atoms with Crippen molar-refractivity contribution in [2.75, 3.05) is 30.7 Å². The SMILES string of the molecule is Cc1cc(-c2ccc(C(=O)O)cc2)ccc1OCCNC[C@H](O)c1ccc(O)c(NS(C)(=O)=O)c1. The lowest BCUT2D eigenvalue weighted by molar-refractivity contribution is 0.0697. The summed E-state index contributed by atoms with van der Waals surface area (Å²) in [5.41, 5.74) is 3.48. The topological polar surface area (TPSA) is 145 Å². The van der Waals surface area contributed by atoms with E-state index >= 15 is 0 Å². The fourth-order valence-electron chi connectivity index (χ4n) is 3.43. The van der Waals surface area contributed by atoms with Gasteiger partial charge in [0, 0.05) is 13.1 Å². The van der Waals surface area contributed by atoms with Gasteiger partial charge in [-0.05, 0) is 65.6 Å². The Hall–Kier alpha value is -3.60. The molecule has 0 aliphatic heterocycles. The van der Waals surface area contributed by atoms with Crippen LogP contribution in [0.15, 0.2) is 60.7 Å². The second-order valence-electron chi connectivity index (χ2n) is 8.08. The molecule has 1 atom stereocenters. The minimum Gasteiger partial charge on any atom is -0.506 e. The first-order chi connectivity index (χ1) is 16.5. The highest BCUT2D eigenvalue weighted by molar-refractivity contribution is 7.92. The molecule has 0 spiro atoms. The smallest absolute Gasteiger partial charge is 0.335 e. The van der Waals surface area contributed by atoms with Gasteiger partial charge in [-0.2, -0.15) is 0 Å². The van der Waals surface area contributed by atoms with E-state index in [2.05, 4.69) is 10.0 Å². The second kappa shape index (κ2) is 11.2. The Morgan fingerprint density at radius 2 is 1.71 bits per heavy atom. The molecule has 0 aliphatic rings. The third-order valence-electron chi connectivity index (χ3n) is 5.21. The average Bonchev–Trinajstić information content (AvgIpc) is 2.80. The van der Waals surface area contributed by atoms with Crippen LogP contribution in [0.2, 0.25) is 0 Å². The van der Waals surface area contributed by atoms with Crippen LogP contribution < -0.4 is 14.8 Å². The second-order valence-corrected chi connectivity index (χ2v) is 9.83. The van der Waals surface area contributed by atoms with Crippen molar-refractivity contribution in [1.29, 1.82) is 0 Å². The summed E-state index contributed by atoms with van der Waals surface area (Å²) in [5.74, 6) is -0.478. The van der Waals surface area contributed by atoms with E-state index in [9.17, 15) is 23.4 Å². The Bertz CT molecular complexity index is 1290. The van der Waals surface area contributed by atoms with Gasteiger partial charge >= 0.3 is 5.97 Å². The molecule has 5 N–H and O–H groups in total. The van der Waals surface area contributed by atoms with Crippen LogP contribution in [0.25, 0.3) is 11.1 Å². The minimum atomic E-state index is -3.57. The molecule has 35 heavy (non-hydrogen) atoms. The van der Waals surface area contributed by atoms with E-state index in [4.69, 9.17) is 9.84 Å². The highest BCUT2D eigenvalue weighted by Gasteiger charge is 2.13. The van der Waals surface area contributed by atoms with Gasteiger partial charge in [0.1, 0.15) is 18.1 Å². The predicted molar refractivity (Wildman–Crippen MR) is 133 cm³/mol. The summed E-state index contributed by atoms with van der Waals surface area (Å²) in [6.45, 7) is 2.95. The lowest BCUT2D eigenvalue weighted by atomic mass is 10.0. The third kappa shape index (κ3) is 7.44. The number of aromatic carboxylic acids is 1. The normalized spacial score (nSPS) is 12.2. The van der Waals surface area contributed by atoms with Crippen molar-refractivity contribution >= 4 is 21.7 Å². The van der Waals surface area contributed by atoms with Crippen LogP contribution in [0.5, 0.6) is 11.5 Å². The van der Waals surface area contributed by atoms with Gasteiger partial charge in [0.25, 0.3) is 0 Å². The van der Waals surface area contributed by atoms with Gasteiger partial charge in [-0.1, -0.05) is 24.3 Å². The Morgan fingerprint density at radius 1 is 1.03 bits per heavy atom. The fraction of sp³-hybridized carbons (Fsp3) is 0.240. The van der Waals surface area contributed by atoms with Gasteiger partial charge in [0.05, 0.1) is 23.6 Å². The molecule has 0 fully saturated rings. The minimum absolute atomic E-state index is 0.00383. The zero-order chi connectivity index (χ0) is 25.6. The van der Waals surface area contributed by atoms with E-state index in [1.54, 1.807) is 24.3 Å². The maximum Gasteiger partial charge on any atom is 0.335 e. The largest absolute Gasteiger partial charge is 0.506 e. The molecule has 3 rings (SSSR count). The maximum atomic E-state index is 11.4. The Morgan fingerprint density at radius 3 is 2.34 bits per heavy atom. The quantitative estimate of drug-likeness (QED) is 0.199. The summed E-state index contributed by atoms with van der Waals surface area (Å²) in [5, 5.41) is 32.3. The van der Waals surface area contributed by atoms with Gasteiger partial charge in [-0.15, -0.1) is 0 Å². The Balaban J connectivity index is 1.49. The zero-order valence-electron chi connectivity index (χ0n) is 19.4. The first kappa shape index (κ1) is 26.0. The first-order valence-corrected chi connectivity index (χ1v) is 12.7. The van der Waals surface area contributed by atoms with Crippen LogP contribution >= 0.6 is 0 Å². The number of hydrogen-bond acceptors (Lipinski definition) is 7. The van der Waals surface area contributed by atoms with Crippen molar-refractivity contribution in [3.05, 3.63) is 77.4 Å². The number of rotatable bonds is 11. The fourth-order valence-corrected chi connectivity index (χ4v) is 3.99. The summed E-state index contributed by atoms with van der Waals surface area (Å²) >= 11 is 0. The van der Waals surface area contributed by atoms with Crippen molar-refractivity contribution in [2.24, 2.45) is 0 Å². The Kier molecular flexibility index (Phi) is 8.34. The van der Waals surface area contributed by atoms with E-state index < -0.39 is 22.1 Å². The maximum absolute atomic E-state index is 11.4. The van der Waals surface area contributed by atoms with E-state index in [1.807, 2.05) is 25.1 Å². The summed E-state index contributed by atoms with van der Waals surface area (Å²) < 4.78 is 30.9. The number of carboxylic acids is 1. The third-order valence-corrected chi connectivity index (χ3v) is 5.81. The number of carbonyl (C=O) groups is 1. The molecule has 0 saturated heterocycles. The number of aromatic hydroxyl groups is 1. The number of aryl methyl sites for hydroxylation is 1. The molecule has 0 aliphatic carbocycles. The summed E-state index contributed by atoms with van der Waals surface area (Å²) in [4.78, 5) is 11.0. The molecule has 0 heterocycles. The van der Waals surface area contributed by atoms with Crippen molar-refractivity contribution in [1.82, 2.24) is 5.32 Å². The molecule has 186 valence electrons. The van der Waals surface area contributed by atoms with Crippen molar-refractivity contribution in [3.63, 3.8) is 0 Å². The van der Waals surface area contributed by atoms with E-state index in [0.29, 0.717) is 24.5 Å². The summed E-state index contributed by atoms with van der Waals surface area (Å²) in [7, 11) is -3.57. The highest BCUT2D eigenvalue weighted by Crippen LogP contribution is 2.28. The number of carboxylic acid groups (broad SMARTS) is 1. The number of sulfonamides is 1. The number of aliphatic hydroxyl groups excluding tert-OH is 1. The van der Waals surface area contributed by atoms with Gasteiger partial charge in [-0.25, -0.2) is 13.2 Å². The number of nitrogens with one attached hydrogen (secondary N) is 2. The molecule has 9 nitrogen and oxygen atoms in total. The van der Waals surface area contributed by atoms with Crippen molar-refractivity contribution in [2.45, 2.75) is 13.0 Å². The first-order valence-electron chi connectivity index (χ1n) is 10.8. The summed E-state index contributed by atoms with van der Waals surface area (Å²) in [6, 6.07) is 16.6. The predicted octanol–water partition coefficient (Wildman–Crippen LogP) is 3.14. The van der Waals surface area contributed by atoms with Gasteiger partial charge in [0.15, 0.2) is 0 Å². The lowest BCUT2D eigenvalue weighted by Gasteiger charge is -2.15. The monoisotopic (exact) mass is 500 g/mol. The van der Waals surface area contributed by atoms with Gasteiger partial charge in [0.2, 0.25) is 10.0 Å². The van der Waals surface area contributed by atoms with E-state index in [-0.39, 0.29) is 23.5 Å². The van der Waals surface area contributed by atoms with Crippen LogP contribution in [0.1, 0.15) is 27.6 Å². The number of phenolic OH excluding ortho intramolecular Hbond substituents is 1. The lowest BCUT2D eigenvalue weighted by Crippen LogP contribution is -2.26. The van der Waals surface area contributed by atoms with Crippen LogP contribution in [0, 0.1) is 6.92 Å². The zero-order valence-corrected chi connectivity index (χ0v) is 20.2. The molecule has 0 saturated carbocycles. The van der Waals surface area contributed by atoms with E-state index in [0.717, 1.165) is 22.9 Å². The van der Waals surface area contributed by atoms with Gasteiger partial charge < -0.3 is 25.4 Å². The molecule has 0 amide bonds. The number of ether oxygens (including phenoxy) is 1. The Labute approximate surface area is 204 Å². The summed E-state index contributed by atoms with van der Waals surface area (Å²) in [6.07, 6.45) is 0.0643. The molecule has 0 bridgehead atoms. The van der Waals surface area contributed by atoms with Crippen LogP contribution in [-0.2, 0) is 10.0 Å². The van der Waals surface area contributed by atoms with E-state index in [1.165, 1.54) is 18.2 Å². The van der Waals surface area contributed by atoms with Crippen molar-refractivity contribution < 1.29 is 33.3 Å². The number of hydrogen-bond donors (Lipinski definition) is 5. The van der Waals surface area contributed by atoms with Gasteiger partial charge in [-0.3, -0.25) is 4.72 Å². The average molecular weight is 501 g/mol. The highest BCUT2D eigenvalue weighted by atomic mass is 32.2.